The van der Waals surface area contributed by atoms with Crippen molar-refractivity contribution in [2.45, 2.75) is 39.3 Å². The molecule has 0 spiro atoms. The summed E-state index contributed by atoms with van der Waals surface area (Å²) in [4.78, 5) is 18.4. The van der Waals surface area contributed by atoms with Crippen LogP contribution in [0.15, 0.2) is 42.5 Å². The third kappa shape index (κ3) is 5.91. The molecule has 2 aromatic rings. The predicted octanol–water partition coefficient (Wildman–Crippen LogP) is 4.92. The van der Waals surface area contributed by atoms with Crippen LogP contribution in [0.4, 0.5) is 20.6 Å². The Hall–Kier alpha value is -2.80. The highest BCUT2D eigenvalue weighted by atomic mass is 19.1. The van der Waals surface area contributed by atoms with E-state index in [1.165, 1.54) is 12.1 Å². The van der Waals surface area contributed by atoms with Crippen LogP contribution in [-0.4, -0.2) is 57.4 Å². The van der Waals surface area contributed by atoms with E-state index < -0.39 is 0 Å². The molecule has 0 N–H and O–H groups in total. The topological polar surface area (TPSA) is 45.3 Å². The first kappa shape index (κ1) is 23.9. The monoisotopic (exact) mass is 443 g/mol. The van der Waals surface area contributed by atoms with E-state index in [1.54, 1.807) is 19.1 Å². The molecule has 6 nitrogen and oxygen atoms in total. The van der Waals surface area contributed by atoms with Gasteiger partial charge in [0.25, 0.3) is 0 Å². The number of methoxy groups -OCH3 is 1. The zero-order valence-corrected chi connectivity index (χ0v) is 19.5. The maximum atomic E-state index is 14.2. The van der Waals surface area contributed by atoms with Crippen molar-refractivity contribution in [2.75, 3.05) is 50.2 Å². The Morgan fingerprint density at radius 2 is 1.94 bits per heavy atom. The zero-order valence-electron chi connectivity index (χ0n) is 19.5. The van der Waals surface area contributed by atoms with Crippen LogP contribution in [0.1, 0.15) is 32.3 Å². The molecular formula is C25H34FN3O3. The summed E-state index contributed by atoms with van der Waals surface area (Å²) >= 11 is 0. The third-order valence-corrected chi connectivity index (χ3v) is 5.98. The molecule has 0 radical (unpaired) electrons. The molecule has 0 aromatic heterocycles. The molecule has 174 valence electrons. The maximum Gasteiger partial charge on any atom is 0.324 e. The highest BCUT2D eigenvalue weighted by Gasteiger charge is 2.27. The second-order valence-electron chi connectivity index (χ2n) is 8.20. The van der Waals surface area contributed by atoms with E-state index in [0.29, 0.717) is 25.5 Å². The quantitative estimate of drug-likeness (QED) is 0.552. The van der Waals surface area contributed by atoms with Gasteiger partial charge in [0.2, 0.25) is 0 Å². The fourth-order valence-electron chi connectivity index (χ4n) is 3.99. The number of halogens is 1. The van der Waals surface area contributed by atoms with Crippen LogP contribution < -0.4 is 14.5 Å². The molecule has 2 aromatic carbocycles. The second kappa shape index (κ2) is 11.2. The number of hydrogen-bond donors (Lipinski definition) is 0. The molecule has 1 aliphatic heterocycles. The van der Waals surface area contributed by atoms with E-state index in [1.807, 2.05) is 47.1 Å². The second-order valence-corrected chi connectivity index (χ2v) is 8.20. The first-order valence-electron chi connectivity index (χ1n) is 11.2. The molecule has 1 atom stereocenters. The van der Waals surface area contributed by atoms with Crippen LogP contribution >= 0.6 is 0 Å². The number of ether oxygens (including phenoxy) is 2. The van der Waals surface area contributed by atoms with Gasteiger partial charge >= 0.3 is 6.03 Å². The van der Waals surface area contributed by atoms with Crippen molar-refractivity contribution >= 4 is 17.4 Å². The van der Waals surface area contributed by atoms with Crippen molar-refractivity contribution in [1.29, 1.82) is 0 Å². The highest BCUT2D eigenvalue weighted by Crippen LogP contribution is 2.25. The van der Waals surface area contributed by atoms with Gasteiger partial charge < -0.3 is 19.3 Å². The maximum absolute atomic E-state index is 14.2. The van der Waals surface area contributed by atoms with E-state index in [0.717, 1.165) is 42.9 Å². The summed E-state index contributed by atoms with van der Waals surface area (Å²) in [5, 5.41) is 0. The van der Waals surface area contributed by atoms with Crippen molar-refractivity contribution in [3.63, 3.8) is 0 Å². The van der Waals surface area contributed by atoms with Crippen LogP contribution in [0, 0.1) is 5.82 Å². The smallest absolute Gasteiger partial charge is 0.324 e. The molecular weight excluding hydrogens is 409 g/mol. The van der Waals surface area contributed by atoms with Crippen molar-refractivity contribution < 1.29 is 18.7 Å². The van der Waals surface area contributed by atoms with Gasteiger partial charge in [0.05, 0.1) is 6.61 Å². The summed E-state index contributed by atoms with van der Waals surface area (Å²) in [6, 6.07) is 12.8. The SMILES string of the molecule is CCN(CCOC)c1cc(F)cc(OCc2ccc(N(C)C(=O)N3CCCC3C)cc2)c1. The predicted molar refractivity (Wildman–Crippen MR) is 126 cm³/mol. The number of nitrogens with zero attached hydrogens (tertiary/aromatic N) is 3. The average molecular weight is 444 g/mol. The van der Waals surface area contributed by atoms with E-state index in [4.69, 9.17) is 9.47 Å². The standard InChI is InChI=1S/C25H34FN3O3/c1-5-28(13-14-31-4)23-15-21(26)16-24(17-23)32-18-20-8-10-22(11-9-20)27(3)25(30)29-12-6-7-19(29)2/h8-11,15-17,19H,5-7,12-14,18H2,1-4H3. The largest absolute Gasteiger partial charge is 0.489 e. The van der Waals surface area contributed by atoms with Crippen LogP contribution in [0.2, 0.25) is 0 Å². The summed E-state index contributed by atoms with van der Waals surface area (Å²) < 4.78 is 25.2. The van der Waals surface area contributed by atoms with Gasteiger partial charge in [0.15, 0.2) is 0 Å². The van der Waals surface area contributed by atoms with Gasteiger partial charge in [-0.05, 0) is 50.5 Å². The third-order valence-electron chi connectivity index (χ3n) is 5.98. The molecule has 0 bridgehead atoms. The van der Waals surface area contributed by atoms with Crippen LogP contribution in [0.3, 0.4) is 0 Å². The fraction of sp³-hybridized carbons (Fsp3) is 0.480. The van der Waals surface area contributed by atoms with E-state index >= 15 is 0 Å². The molecule has 1 saturated heterocycles. The molecule has 0 saturated carbocycles. The van der Waals surface area contributed by atoms with Crippen LogP contribution in [0.25, 0.3) is 0 Å². The van der Waals surface area contributed by atoms with E-state index in [-0.39, 0.29) is 17.9 Å². The van der Waals surface area contributed by atoms with Gasteiger partial charge in [-0.1, -0.05) is 12.1 Å². The lowest BCUT2D eigenvalue weighted by molar-refractivity contribution is 0.204. The Labute approximate surface area is 190 Å². The Morgan fingerprint density at radius 3 is 2.56 bits per heavy atom. The van der Waals surface area contributed by atoms with E-state index in [2.05, 4.69) is 6.92 Å². The lowest BCUT2D eigenvalue weighted by Crippen LogP contribution is -2.42. The summed E-state index contributed by atoms with van der Waals surface area (Å²) in [5.41, 5.74) is 2.55. The Morgan fingerprint density at radius 1 is 1.19 bits per heavy atom. The molecule has 1 aliphatic rings. The number of carbonyl (C=O) groups excluding carboxylic acids is 1. The van der Waals surface area contributed by atoms with Gasteiger partial charge in [-0.25, -0.2) is 9.18 Å². The molecule has 32 heavy (non-hydrogen) atoms. The summed E-state index contributed by atoms with van der Waals surface area (Å²) in [5.74, 6) is 0.148. The number of rotatable bonds is 9. The van der Waals surface area contributed by atoms with Gasteiger partial charge in [0, 0.05) is 63.3 Å². The number of hydrogen-bond acceptors (Lipinski definition) is 4. The average Bonchev–Trinajstić information content (AvgIpc) is 3.23. The molecule has 1 fully saturated rings. The lowest BCUT2D eigenvalue weighted by Gasteiger charge is -2.28. The highest BCUT2D eigenvalue weighted by molar-refractivity contribution is 5.91. The minimum Gasteiger partial charge on any atom is -0.489 e. The first-order valence-corrected chi connectivity index (χ1v) is 11.2. The van der Waals surface area contributed by atoms with Crippen molar-refractivity contribution in [2.24, 2.45) is 0 Å². The van der Waals surface area contributed by atoms with E-state index in [9.17, 15) is 9.18 Å². The summed E-state index contributed by atoms with van der Waals surface area (Å²) in [6.07, 6.45) is 2.11. The minimum absolute atomic E-state index is 0.0280. The Balaban J connectivity index is 1.62. The lowest BCUT2D eigenvalue weighted by atomic mass is 10.2. The molecule has 7 heteroatoms. The number of amides is 2. The van der Waals surface area contributed by atoms with Crippen molar-refractivity contribution in [3.8, 4) is 5.75 Å². The van der Waals surface area contributed by atoms with Gasteiger partial charge in [-0.15, -0.1) is 0 Å². The summed E-state index contributed by atoms with van der Waals surface area (Å²) in [6.45, 7) is 7.24. The molecule has 0 aliphatic carbocycles. The normalized spacial score (nSPS) is 15.7. The van der Waals surface area contributed by atoms with Crippen molar-refractivity contribution in [1.82, 2.24) is 4.90 Å². The van der Waals surface area contributed by atoms with Crippen LogP contribution in [0.5, 0.6) is 5.75 Å². The zero-order chi connectivity index (χ0) is 23.1. The number of carbonyl (C=O) groups is 1. The van der Waals surface area contributed by atoms with Crippen LogP contribution in [-0.2, 0) is 11.3 Å². The van der Waals surface area contributed by atoms with Gasteiger partial charge in [0.1, 0.15) is 18.2 Å². The molecule has 2 amide bonds. The Bertz CT molecular complexity index is 891. The Kier molecular flexibility index (Phi) is 8.33. The molecule has 1 heterocycles. The van der Waals surface area contributed by atoms with Crippen molar-refractivity contribution in [3.05, 3.63) is 53.8 Å². The minimum atomic E-state index is -0.333. The van der Waals surface area contributed by atoms with Gasteiger partial charge in [-0.3, -0.25) is 4.90 Å². The molecule has 1 unspecified atom stereocenters. The first-order chi connectivity index (χ1) is 15.4. The number of benzene rings is 2. The number of anilines is 2. The number of urea groups is 1. The molecule has 3 rings (SSSR count). The number of likely N-dealkylation sites (N-methyl/N-ethyl adjacent to an activating group) is 1. The fourth-order valence-corrected chi connectivity index (χ4v) is 3.99. The summed E-state index contributed by atoms with van der Waals surface area (Å²) in [7, 11) is 3.45. The van der Waals surface area contributed by atoms with Gasteiger partial charge in [-0.2, -0.15) is 0 Å². The number of likely N-dealkylation sites (tertiary alicyclic amines) is 1.